The van der Waals surface area contributed by atoms with Gasteiger partial charge in [0.2, 0.25) is 4.80 Å². The summed E-state index contributed by atoms with van der Waals surface area (Å²) in [6.07, 6.45) is -4.64. The molecule has 2 aromatic heterocycles. The van der Waals surface area contributed by atoms with Gasteiger partial charge in [-0.1, -0.05) is 34.5 Å². The molecule has 3 aromatic rings. The van der Waals surface area contributed by atoms with Crippen LogP contribution in [0.25, 0.3) is 16.5 Å². The van der Waals surface area contributed by atoms with Crippen LogP contribution in [0.1, 0.15) is 17.0 Å². The molecule has 13 heteroatoms. The highest BCUT2D eigenvalue weighted by Crippen LogP contribution is 2.37. The first kappa shape index (κ1) is 18.9. The van der Waals surface area contributed by atoms with Crippen LogP contribution in [0.5, 0.6) is 0 Å². The van der Waals surface area contributed by atoms with E-state index in [0.717, 1.165) is 16.0 Å². The number of hydrogen-bond acceptors (Lipinski definition) is 6. The minimum atomic E-state index is -4.64. The normalized spacial score (nSPS) is 11.2. The van der Waals surface area contributed by atoms with Crippen molar-refractivity contribution in [2.24, 2.45) is 0 Å². The second kappa shape index (κ2) is 6.70. The van der Waals surface area contributed by atoms with Crippen molar-refractivity contribution in [1.82, 2.24) is 19.7 Å². The number of aromatic nitrogens is 4. The SMILES string of the molecule is N#Cc1nc(-c2nn(-c3c(Cl)cc(C(F)(F)F)cc3Cl)c(=N)s2)[nH]c1C#N. The van der Waals surface area contributed by atoms with Crippen LogP contribution in [0.2, 0.25) is 10.0 Å². The molecule has 7 nitrogen and oxygen atoms in total. The molecule has 0 unspecified atom stereocenters. The predicted octanol–water partition coefficient (Wildman–Crippen LogP) is 3.87. The summed E-state index contributed by atoms with van der Waals surface area (Å²) in [6, 6.07) is 4.87. The van der Waals surface area contributed by atoms with Gasteiger partial charge in [-0.15, -0.1) is 0 Å². The van der Waals surface area contributed by atoms with Gasteiger partial charge in [0, 0.05) is 0 Å². The van der Waals surface area contributed by atoms with E-state index in [2.05, 4.69) is 15.1 Å². The number of nitrogens with zero attached hydrogens (tertiary/aromatic N) is 5. The van der Waals surface area contributed by atoms with E-state index in [9.17, 15) is 13.2 Å². The molecule has 0 amide bonds. The summed E-state index contributed by atoms with van der Waals surface area (Å²) in [6.45, 7) is 0. The van der Waals surface area contributed by atoms with Gasteiger partial charge in [0.25, 0.3) is 0 Å². The summed E-state index contributed by atoms with van der Waals surface area (Å²) in [5, 5.41) is 29.4. The summed E-state index contributed by atoms with van der Waals surface area (Å²) in [7, 11) is 0. The Morgan fingerprint density at radius 3 is 2.30 bits per heavy atom. The van der Waals surface area contributed by atoms with Crippen molar-refractivity contribution in [2.45, 2.75) is 6.18 Å². The number of imidazole rings is 1. The molecule has 3 rings (SSSR count). The fourth-order valence-corrected chi connectivity index (χ4v) is 3.47. The van der Waals surface area contributed by atoms with Crippen molar-refractivity contribution in [3.63, 3.8) is 0 Å². The average Bonchev–Trinajstić information content (AvgIpc) is 3.17. The number of H-pyrrole nitrogens is 1. The minimum Gasteiger partial charge on any atom is -0.327 e. The highest BCUT2D eigenvalue weighted by atomic mass is 35.5. The van der Waals surface area contributed by atoms with Crippen molar-refractivity contribution in [3.05, 3.63) is 43.9 Å². The molecule has 1 aromatic carbocycles. The van der Waals surface area contributed by atoms with Crippen LogP contribution in [0.3, 0.4) is 0 Å². The van der Waals surface area contributed by atoms with Gasteiger partial charge in [-0.3, -0.25) is 5.41 Å². The second-order valence-corrected chi connectivity index (χ2v) is 6.73. The van der Waals surface area contributed by atoms with E-state index >= 15 is 0 Å². The smallest absolute Gasteiger partial charge is 0.327 e. The van der Waals surface area contributed by atoms with Crippen LogP contribution in [0.15, 0.2) is 12.1 Å². The van der Waals surface area contributed by atoms with E-state index in [4.69, 9.17) is 39.1 Å². The molecular formula is C14H4Cl2F3N7S. The molecule has 0 bridgehead atoms. The largest absolute Gasteiger partial charge is 0.416 e. The van der Waals surface area contributed by atoms with Crippen molar-refractivity contribution >= 4 is 34.5 Å². The third-order valence-electron chi connectivity index (χ3n) is 3.26. The van der Waals surface area contributed by atoms with Crippen LogP contribution >= 0.6 is 34.5 Å². The Kier molecular flexibility index (Phi) is 4.70. The van der Waals surface area contributed by atoms with E-state index in [-0.39, 0.29) is 42.8 Å². The number of aromatic amines is 1. The highest BCUT2D eigenvalue weighted by molar-refractivity contribution is 7.12. The van der Waals surface area contributed by atoms with Crippen LogP contribution in [-0.2, 0) is 6.18 Å². The molecule has 0 aliphatic carbocycles. The maximum absolute atomic E-state index is 12.9. The molecule has 0 radical (unpaired) electrons. The molecule has 0 spiro atoms. The van der Waals surface area contributed by atoms with Gasteiger partial charge in [0.05, 0.1) is 15.6 Å². The van der Waals surface area contributed by atoms with E-state index in [0.29, 0.717) is 12.1 Å². The zero-order valence-electron chi connectivity index (χ0n) is 12.7. The van der Waals surface area contributed by atoms with Gasteiger partial charge in [0.1, 0.15) is 17.8 Å². The molecule has 0 aliphatic rings. The van der Waals surface area contributed by atoms with Gasteiger partial charge in [-0.25, -0.2) is 9.67 Å². The number of nitriles is 2. The zero-order valence-corrected chi connectivity index (χ0v) is 15.0. The zero-order chi connectivity index (χ0) is 19.9. The van der Waals surface area contributed by atoms with E-state index in [1.165, 1.54) is 0 Å². The Morgan fingerprint density at radius 2 is 1.81 bits per heavy atom. The molecule has 136 valence electrons. The number of nitrogens with one attached hydrogen (secondary N) is 2. The van der Waals surface area contributed by atoms with Gasteiger partial charge >= 0.3 is 6.18 Å². The van der Waals surface area contributed by atoms with E-state index in [1.807, 2.05) is 0 Å². The number of hydrogen-bond donors (Lipinski definition) is 2. The van der Waals surface area contributed by atoms with Crippen molar-refractivity contribution in [3.8, 4) is 28.7 Å². The Morgan fingerprint density at radius 1 is 1.19 bits per heavy atom. The lowest BCUT2D eigenvalue weighted by Gasteiger charge is -2.11. The van der Waals surface area contributed by atoms with Gasteiger partial charge in [0.15, 0.2) is 22.2 Å². The van der Waals surface area contributed by atoms with Gasteiger partial charge in [-0.2, -0.15) is 28.8 Å². The first-order valence-electron chi connectivity index (χ1n) is 6.77. The van der Waals surface area contributed by atoms with Crippen LogP contribution < -0.4 is 4.80 Å². The maximum Gasteiger partial charge on any atom is 0.416 e. The average molecular weight is 430 g/mol. The maximum atomic E-state index is 12.9. The number of alkyl halides is 3. The summed E-state index contributed by atoms with van der Waals surface area (Å²) in [5.41, 5.74) is -1.36. The lowest BCUT2D eigenvalue weighted by atomic mass is 10.2. The quantitative estimate of drug-likeness (QED) is 0.642. The molecule has 27 heavy (non-hydrogen) atoms. The van der Waals surface area contributed by atoms with Crippen molar-refractivity contribution < 1.29 is 13.2 Å². The number of rotatable bonds is 2. The molecular weight excluding hydrogens is 426 g/mol. The summed E-state index contributed by atoms with van der Waals surface area (Å²) >= 11 is 12.7. The summed E-state index contributed by atoms with van der Waals surface area (Å²) in [4.78, 5) is 6.29. The van der Waals surface area contributed by atoms with E-state index < -0.39 is 11.7 Å². The predicted molar refractivity (Wildman–Crippen MR) is 89.3 cm³/mol. The van der Waals surface area contributed by atoms with Crippen LogP contribution in [0, 0.1) is 28.1 Å². The first-order valence-corrected chi connectivity index (χ1v) is 8.35. The molecule has 0 aliphatic heterocycles. The third kappa shape index (κ3) is 3.40. The Bertz CT molecular complexity index is 1140. The van der Waals surface area contributed by atoms with Crippen molar-refractivity contribution in [1.29, 1.82) is 15.9 Å². The number of benzene rings is 1. The molecule has 0 fully saturated rings. The molecule has 0 atom stereocenters. The Balaban J connectivity index is 2.14. The monoisotopic (exact) mass is 429 g/mol. The van der Waals surface area contributed by atoms with Gasteiger partial charge in [-0.05, 0) is 12.1 Å². The lowest BCUT2D eigenvalue weighted by molar-refractivity contribution is -0.137. The van der Waals surface area contributed by atoms with Gasteiger partial charge < -0.3 is 4.98 Å². The highest BCUT2D eigenvalue weighted by Gasteiger charge is 2.32. The molecule has 2 N–H and O–H groups in total. The number of halogens is 5. The molecule has 0 saturated carbocycles. The summed E-state index contributed by atoms with van der Waals surface area (Å²) < 4.78 is 39.5. The fraction of sp³-hybridized carbons (Fsp3) is 0.0714. The topological polar surface area (TPSA) is 118 Å². The van der Waals surface area contributed by atoms with Crippen LogP contribution in [0.4, 0.5) is 13.2 Å². The Hall–Kier alpha value is -2.86. The molecule has 0 saturated heterocycles. The lowest BCUT2D eigenvalue weighted by Crippen LogP contribution is -2.14. The second-order valence-electron chi connectivity index (χ2n) is 4.94. The van der Waals surface area contributed by atoms with Crippen molar-refractivity contribution in [2.75, 3.05) is 0 Å². The third-order valence-corrected chi connectivity index (χ3v) is 4.67. The van der Waals surface area contributed by atoms with E-state index in [1.54, 1.807) is 12.1 Å². The fourth-order valence-electron chi connectivity index (χ4n) is 2.11. The standard InChI is InChI=1S/C14H4Cl2F3N7S/c15-6-1-5(14(17,18)19)2-7(16)10(6)26-13(22)27-12(25-26)11-23-8(3-20)9(4-21)24-11/h1-2,22H,(H,23,24). The first-order chi connectivity index (χ1) is 12.7. The minimum absolute atomic E-state index is 0.0551. The molecule has 2 heterocycles. The summed E-state index contributed by atoms with van der Waals surface area (Å²) in [5.74, 6) is 0.0551. The Labute approximate surface area is 162 Å². The van der Waals surface area contributed by atoms with Crippen LogP contribution in [-0.4, -0.2) is 19.7 Å².